The zero-order chi connectivity index (χ0) is 13.2. The van der Waals surface area contributed by atoms with Gasteiger partial charge in [0.15, 0.2) is 5.82 Å². The summed E-state index contributed by atoms with van der Waals surface area (Å²) in [6, 6.07) is 7.24. The highest BCUT2D eigenvalue weighted by Crippen LogP contribution is 2.38. The van der Waals surface area contributed by atoms with Crippen LogP contribution in [0.15, 0.2) is 24.3 Å². The molecule has 0 saturated heterocycles. The first-order chi connectivity index (χ1) is 9.26. The third kappa shape index (κ3) is 2.63. The molecule has 1 fully saturated rings. The summed E-state index contributed by atoms with van der Waals surface area (Å²) in [5, 5.41) is 18.4. The number of amides is 1. The van der Waals surface area contributed by atoms with Crippen LogP contribution in [0.25, 0.3) is 11.4 Å². The number of aromatic amines is 1. The van der Waals surface area contributed by atoms with Gasteiger partial charge in [0.1, 0.15) is 12.4 Å². The Morgan fingerprint density at radius 2 is 2.32 bits per heavy atom. The van der Waals surface area contributed by atoms with E-state index < -0.39 is 12.5 Å². The van der Waals surface area contributed by atoms with Crippen molar-refractivity contribution < 1.29 is 9.90 Å². The molecule has 19 heavy (non-hydrogen) atoms. The zero-order valence-electron chi connectivity index (χ0n) is 10.3. The number of carbonyl (C=O) groups excluding carboxylic acids is 1. The molecule has 0 bridgehead atoms. The van der Waals surface area contributed by atoms with E-state index in [9.17, 15) is 4.79 Å². The number of rotatable bonds is 4. The second-order valence-corrected chi connectivity index (χ2v) is 4.61. The van der Waals surface area contributed by atoms with Crippen molar-refractivity contribution in [2.24, 2.45) is 0 Å². The van der Waals surface area contributed by atoms with Gasteiger partial charge in [-0.2, -0.15) is 5.10 Å². The van der Waals surface area contributed by atoms with Crippen molar-refractivity contribution in [3.8, 4) is 11.4 Å². The van der Waals surface area contributed by atoms with Crippen molar-refractivity contribution >= 4 is 11.6 Å². The van der Waals surface area contributed by atoms with Crippen molar-refractivity contribution in [1.82, 2.24) is 15.2 Å². The summed E-state index contributed by atoms with van der Waals surface area (Å²) < 4.78 is 0. The molecule has 0 radical (unpaired) electrons. The number of H-pyrrole nitrogens is 1. The van der Waals surface area contributed by atoms with Gasteiger partial charge in [0, 0.05) is 17.2 Å². The molecule has 3 N–H and O–H groups in total. The van der Waals surface area contributed by atoms with Crippen LogP contribution in [-0.2, 0) is 4.79 Å². The van der Waals surface area contributed by atoms with E-state index >= 15 is 0 Å². The molecular formula is C13H14N4O2. The average molecular weight is 258 g/mol. The van der Waals surface area contributed by atoms with Gasteiger partial charge in [0.2, 0.25) is 5.91 Å². The molecule has 0 spiro atoms. The van der Waals surface area contributed by atoms with Crippen molar-refractivity contribution in [1.29, 1.82) is 0 Å². The number of hydrogen-bond acceptors (Lipinski definition) is 4. The van der Waals surface area contributed by atoms with E-state index in [1.165, 1.54) is 12.8 Å². The SMILES string of the molecule is O=C(CO)Nc1cccc(-c2n[nH]c(C3CC3)n2)c1. The van der Waals surface area contributed by atoms with E-state index in [2.05, 4.69) is 20.5 Å². The summed E-state index contributed by atoms with van der Waals surface area (Å²) in [6.07, 6.45) is 2.34. The molecule has 1 saturated carbocycles. The van der Waals surface area contributed by atoms with Crippen LogP contribution in [0.2, 0.25) is 0 Å². The smallest absolute Gasteiger partial charge is 0.250 e. The van der Waals surface area contributed by atoms with Crippen LogP contribution in [0.3, 0.4) is 0 Å². The maximum Gasteiger partial charge on any atom is 0.250 e. The Labute approximate surface area is 109 Å². The van der Waals surface area contributed by atoms with E-state index in [0.29, 0.717) is 17.4 Å². The summed E-state index contributed by atoms with van der Waals surface area (Å²) in [4.78, 5) is 15.6. The van der Waals surface area contributed by atoms with E-state index in [1.54, 1.807) is 12.1 Å². The number of hydrogen-bond donors (Lipinski definition) is 3. The quantitative estimate of drug-likeness (QED) is 0.770. The molecule has 98 valence electrons. The third-order valence-electron chi connectivity index (χ3n) is 3.01. The van der Waals surface area contributed by atoms with Gasteiger partial charge >= 0.3 is 0 Å². The molecule has 1 aliphatic rings. The molecular weight excluding hydrogens is 244 g/mol. The highest BCUT2D eigenvalue weighted by Gasteiger charge is 2.27. The molecule has 1 heterocycles. The molecule has 2 aromatic rings. The lowest BCUT2D eigenvalue weighted by atomic mass is 10.2. The van der Waals surface area contributed by atoms with Crippen LogP contribution in [0.5, 0.6) is 0 Å². The lowest BCUT2D eigenvalue weighted by Gasteiger charge is -2.04. The maximum absolute atomic E-state index is 11.1. The zero-order valence-corrected chi connectivity index (χ0v) is 10.3. The molecule has 0 atom stereocenters. The van der Waals surface area contributed by atoms with Gasteiger partial charge in [-0.15, -0.1) is 0 Å². The van der Waals surface area contributed by atoms with E-state index in [0.717, 1.165) is 11.4 Å². The standard InChI is InChI=1S/C13H14N4O2/c18-7-11(19)14-10-3-1-2-9(6-10)13-15-12(16-17-13)8-4-5-8/h1-3,6,8,18H,4-5,7H2,(H,14,19)(H,15,16,17). The molecule has 1 aromatic heterocycles. The highest BCUT2D eigenvalue weighted by molar-refractivity contribution is 5.92. The summed E-state index contributed by atoms with van der Waals surface area (Å²) in [5.74, 6) is 1.64. The monoisotopic (exact) mass is 258 g/mol. The number of aliphatic hydroxyl groups is 1. The average Bonchev–Trinajstić information content (AvgIpc) is 3.16. The molecule has 0 unspecified atom stereocenters. The first-order valence-corrected chi connectivity index (χ1v) is 6.19. The van der Waals surface area contributed by atoms with Crippen molar-refractivity contribution in [3.63, 3.8) is 0 Å². The topological polar surface area (TPSA) is 90.9 Å². The van der Waals surface area contributed by atoms with Crippen LogP contribution in [0.4, 0.5) is 5.69 Å². The summed E-state index contributed by atoms with van der Waals surface area (Å²) in [7, 11) is 0. The lowest BCUT2D eigenvalue weighted by Crippen LogP contribution is -2.15. The third-order valence-corrected chi connectivity index (χ3v) is 3.01. The van der Waals surface area contributed by atoms with Crippen LogP contribution >= 0.6 is 0 Å². The Kier molecular flexibility index (Phi) is 3.00. The summed E-state index contributed by atoms with van der Waals surface area (Å²) in [6.45, 7) is -0.531. The minimum absolute atomic E-state index is 0.439. The van der Waals surface area contributed by atoms with Crippen molar-refractivity contribution in [3.05, 3.63) is 30.1 Å². The molecule has 1 amide bonds. The molecule has 3 rings (SSSR count). The van der Waals surface area contributed by atoms with E-state index in [-0.39, 0.29) is 0 Å². The lowest BCUT2D eigenvalue weighted by molar-refractivity contribution is -0.118. The summed E-state index contributed by atoms with van der Waals surface area (Å²) >= 11 is 0. The van der Waals surface area contributed by atoms with Crippen LogP contribution in [0.1, 0.15) is 24.6 Å². The largest absolute Gasteiger partial charge is 0.387 e. The summed E-state index contributed by atoms with van der Waals surface area (Å²) in [5.41, 5.74) is 1.45. The molecule has 1 aliphatic carbocycles. The highest BCUT2D eigenvalue weighted by atomic mass is 16.3. The van der Waals surface area contributed by atoms with Crippen LogP contribution in [0, 0.1) is 0 Å². The normalized spacial score (nSPS) is 14.4. The Hall–Kier alpha value is -2.21. The van der Waals surface area contributed by atoms with Gasteiger partial charge < -0.3 is 10.4 Å². The van der Waals surface area contributed by atoms with E-state index in [1.807, 2.05) is 12.1 Å². The van der Waals surface area contributed by atoms with Gasteiger partial charge in [-0.25, -0.2) is 4.98 Å². The first-order valence-electron chi connectivity index (χ1n) is 6.19. The molecule has 1 aromatic carbocycles. The van der Waals surface area contributed by atoms with Crippen LogP contribution < -0.4 is 5.32 Å². The predicted molar refractivity (Wildman–Crippen MR) is 69.5 cm³/mol. The Morgan fingerprint density at radius 1 is 1.47 bits per heavy atom. The fourth-order valence-corrected chi connectivity index (χ4v) is 1.88. The van der Waals surface area contributed by atoms with Crippen molar-refractivity contribution in [2.75, 3.05) is 11.9 Å². The van der Waals surface area contributed by atoms with Gasteiger partial charge in [-0.3, -0.25) is 9.89 Å². The van der Waals surface area contributed by atoms with Crippen molar-refractivity contribution in [2.45, 2.75) is 18.8 Å². The molecule has 0 aliphatic heterocycles. The van der Waals surface area contributed by atoms with Crippen LogP contribution in [-0.4, -0.2) is 32.8 Å². The fourth-order valence-electron chi connectivity index (χ4n) is 1.88. The fraction of sp³-hybridized carbons (Fsp3) is 0.308. The van der Waals surface area contributed by atoms with Gasteiger partial charge in [0.05, 0.1) is 0 Å². The second kappa shape index (κ2) is 4.81. The predicted octanol–water partition coefficient (Wildman–Crippen LogP) is 1.28. The number of nitrogens with one attached hydrogen (secondary N) is 2. The molecule has 6 nitrogen and oxygen atoms in total. The Balaban J connectivity index is 1.82. The second-order valence-electron chi connectivity index (χ2n) is 4.61. The number of benzene rings is 1. The number of carbonyl (C=O) groups is 1. The molecule has 6 heteroatoms. The number of nitrogens with zero attached hydrogens (tertiary/aromatic N) is 2. The number of aliphatic hydroxyl groups excluding tert-OH is 1. The Morgan fingerprint density at radius 3 is 3.05 bits per heavy atom. The minimum atomic E-state index is -0.531. The number of aromatic nitrogens is 3. The number of anilines is 1. The Bertz CT molecular complexity index is 604. The van der Waals surface area contributed by atoms with Gasteiger partial charge in [-0.05, 0) is 25.0 Å². The van der Waals surface area contributed by atoms with Gasteiger partial charge in [-0.1, -0.05) is 12.1 Å². The minimum Gasteiger partial charge on any atom is -0.387 e. The van der Waals surface area contributed by atoms with Gasteiger partial charge in [0.25, 0.3) is 0 Å². The maximum atomic E-state index is 11.1. The van der Waals surface area contributed by atoms with E-state index in [4.69, 9.17) is 5.11 Å². The first kappa shape index (κ1) is 11.9.